The summed E-state index contributed by atoms with van der Waals surface area (Å²) in [5, 5.41) is 11.3. The van der Waals surface area contributed by atoms with Crippen LogP contribution in [-0.2, 0) is 9.59 Å². The van der Waals surface area contributed by atoms with E-state index in [2.05, 4.69) is 5.32 Å². The van der Waals surface area contributed by atoms with Gasteiger partial charge >= 0.3 is 5.97 Å². The van der Waals surface area contributed by atoms with E-state index in [1.165, 1.54) is 6.26 Å². The molecule has 0 aliphatic carbocycles. The van der Waals surface area contributed by atoms with Crippen molar-refractivity contribution in [1.82, 2.24) is 10.2 Å². The minimum Gasteiger partial charge on any atom is -0.481 e. The quantitative estimate of drug-likeness (QED) is 0.805. The third-order valence-electron chi connectivity index (χ3n) is 3.47. The molecule has 2 N–H and O–H groups in total. The van der Waals surface area contributed by atoms with Gasteiger partial charge in [-0.25, -0.2) is 0 Å². The van der Waals surface area contributed by atoms with Gasteiger partial charge in [0.25, 0.3) is 5.91 Å². The molecule has 0 bridgehead atoms. The zero-order valence-corrected chi connectivity index (χ0v) is 11.6. The Balaban J connectivity index is 1.68. The monoisotopic (exact) mass is 294 g/mol. The first-order valence-electron chi connectivity index (χ1n) is 6.87. The van der Waals surface area contributed by atoms with Crippen LogP contribution in [0.1, 0.15) is 29.8 Å². The molecular weight excluding hydrogens is 276 g/mol. The highest BCUT2D eigenvalue weighted by molar-refractivity contribution is 5.91. The van der Waals surface area contributed by atoms with Gasteiger partial charge in [0.1, 0.15) is 0 Å². The first kappa shape index (κ1) is 15.1. The van der Waals surface area contributed by atoms with Gasteiger partial charge in [-0.2, -0.15) is 0 Å². The van der Waals surface area contributed by atoms with Crippen LogP contribution in [0.25, 0.3) is 0 Å². The van der Waals surface area contributed by atoms with Crippen LogP contribution in [0.3, 0.4) is 0 Å². The number of hydrogen-bond acceptors (Lipinski definition) is 4. The SMILES string of the molecule is O=C(O)CC1CCN(C(=O)CCNC(=O)c2ccco2)C1. The summed E-state index contributed by atoms with van der Waals surface area (Å²) in [6.45, 7) is 1.30. The molecule has 7 heteroatoms. The average molecular weight is 294 g/mol. The minimum atomic E-state index is -0.833. The maximum absolute atomic E-state index is 11.9. The number of hydrogen-bond donors (Lipinski definition) is 2. The van der Waals surface area contributed by atoms with Crippen LogP contribution < -0.4 is 5.32 Å². The highest BCUT2D eigenvalue weighted by atomic mass is 16.4. The molecule has 2 heterocycles. The number of rotatable bonds is 6. The van der Waals surface area contributed by atoms with Gasteiger partial charge in [-0.3, -0.25) is 14.4 Å². The number of nitrogens with one attached hydrogen (secondary N) is 1. The van der Waals surface area contributed by atoms with E-state index in [0.29, 0.717) is 13.1 Å². The van der Waals surface area contributed by atoms with E-state index < -0.39 is 5.97 Å². The molecule has 1 fully saturated rings. The molecule has 1 aliphatic rings. The Kier molecular flexibility index (Phi) is 4.97. The number of nitrogens with zero attached hydrogens (tertiary/aromatic N) is 1. The molecule has 2 rings (SSSR count). The molecule has 0 saturated carbocycles. The number of carboxylic acid groups (broad SMARTS) is 1. The van der Waals surface area contributed by atoms with Crippen LogP contribution in [-0.4, -0.2) is 47.4 Å². The number of aliphatic carboxylic acids is 1. The predicted molar refractivity (Wildman–Crippen MR) is 72.6 cm³/mol. The van der Waals surface area contributed by atoms with Crippen molar-refractivity contribution in [3.8, 4) is 0 Å². The van der Waals surface area contributed by atoms with Crippen LogP contribution in [0.2, 0.25) is 0 Å². The number of carboxylic acids is 1. The standard InChI is InChI=1S/C14H18N2O5/c17-12(16-6-4-10(9-16)8-13(18)19)3-5-15-14(20)11-2-1-7-21-11/h1-2,7,10H,3-6,8-9H2,(H,15,20)(H,18,19). The molecule has 21 heavy (non-hydrogen) atoms. The smallest absolute Gasteiger partial charge is 0.303 e. The van der Waals surface area contributed by atoms with Gasteiger partial charge in [-0.05, 0) is 24.5 Å². The van der Waals surface area contributed by atoms with Crippen LogP contribution in [0.15, 0.2) is 22.8 Å². The lowest BCUT2D eigenvalue weighted by Crippen LogP contribution is -2.33. The fraction of sp³-hybridized carbons (Fsp3) is 0.500. The second kappa shape index (κ2) is 6.92. The van der Waals surface area contributed by atoms with Gasteiger partial charge in [-0.15, -0.1) is 0 Å². The summed E-state index contributed by atoms with van der Waals surface area (Å²) in [6, 6.07) is 3.17. The first-order valence-corrected chi connectivity index (χ1v) is 6.87. The summed E-state index contributed by atoms with van der Waals surface area (Å²) < 4.78 is 4.94. The van der Waals surface area contributed by atoms with E-state index in [4.69, 9.17) is 9.52 Å². The lowest BCUT2D eigenvalue weighted by atomic mass is 10.1. The third kappa shape index (κ3) is 4.34. The fourth-order valence-electron chi connectivity index (χ4n) is 2.41. The van der Waals surface area contributed by atoms with Gasteiger partial charge in [0.2, 0.25) is 5.91 Å². The maximum Gasteiger partial charge on any atom is 0.303 e. The summed E-state index contributed by atoms with van der Waals surface area (Å²) in [4.78, 5) is 35.8. The zero-order chi connectivity index (χ0) is 15.2. The van der Waals surface area contributed by atoms with E-state index >= 15 is 0 Å². The van der Waals surface area contributed by atoms with Crippen molar-refractivity contribution >= 4 is 17.8 Å². The van der Waals surface area contributed by atoms with Crippen LogP contribution in [0.5, 0.6) is 0 Å². The molecule has 7 nitrogen and oxygen atoms in total. The molecule has 1 aromatic rings. The van der Waals surface area contributed by atoms with Crippen LogP contribution in [0.4, 0.5) is 0 Å². The first-order chi connectivity index (χ1) is 10.1. The van der Waals surface area contributed by atoms with Crippen LogP contribution in [0, 0.1) is 5.92 Å². The van der Waals surface area contributed by atoms with E-state index in [1.807, 2.05) is 0 Å². The molecule has 114 valence electrons. The zero-order valence-electron chi connectivity index (χ0n) is 11.6. The molecule has 1 aliphatic heterocycles. The minimum absolute atomic E-state index is 0.0316. The van der Waals surface area contributed by atoms with Crippen LogP contribution >= 0.6 is 0 Å². The number of carbonyl (C=O) groups is 3. The highest BCUT2D eigenvalue weighted by Gasteiger charge is 2.27. The van der Waals surface area contributed by atoms with E-state index in [-0.39, 0.29) is 42.9 Å². The van der Waals surface area contributed by atoms with Crippen molar-refractivity contribution in [1.29, 1.82) is 0 Å². The largest absolute Gasteiger partial charge is 0.481 e. The van der Waals surface area contributed by atoms with E-state index in [0.717, 1.165) is 6.42 Å². The lowest BCUT2D eigenvalue weighted by Gasteiger charge is -2.16. The summed E-state index contributed by atoms with van der Waals surface area (Å²) >= 11 is 0. The summed E-state index contributed by atoms with van der Waals surface area (Å²) in [7, 11) is 0. The van der Waals surface area contributed by atoms with Crippen molar-refractivity contribution in [3.63, 3.8) is 0 Å². The maximum atomic E-state index is 11.9. The molecule has 1 unspecified atom stereocenters. The van der Waals surface area contributed by atoms with Gasteiger partial charge in [0, 0.05) is 32.5 Å². The molecule has 1 aromatic heterocycles. The van der Waals surface area contributed by atoms with E-state index in [1.54, 1.807) is 17.0 Å². The second-order valence-electron chi connectivity index (χ2n) is 5.08. The van der Waals surface area contributed by atoms with Crippen molar-refractivity contribution in [2.24, 2.45) is 5.92 Å². The van der Waals surface area contributed by atoms with Crippen molar-refractivity contribution in [2.45, 2.75) is 19.3 Å². The molecule has 0 spiro atoms. The van der Waals surface area contributed by atoms with Gasteiger partial charge in [-0.1, -0.05) is 0 Å². The Morgan fingerprint density at radius 1 is 1.43 bits per heavy atom. The second-order valence-corrected chi connectivity index (χ2v) is 5.08. The average Bonchev–Trinajstić information content (AvgIpc) is 3.08. The number of likely N-dealkylation sites (tertiary alicyclic amines) is 1. The molecule has 0 aromatic carbocycles. The molecule has 2 amide bonds. The predicted octanol–water partition coefficient (Wildman–Crippen LogP) is 0.723. The Hall–Kier alpha value is -2.31. The van der Waals surface area contributed by atoms with Gasteiger partial charge in [0.05, 0.1) is 6.26 Å². The van der Waals surface area contributed by atoms with Crippen molar-refractivity contribution in [2.75, 3.05) is 19.6 Å². The van der Waals surface area contributed by atoms with Crippen molar-refractivity contribution < 1.29 is 23.9 Å². The molecule has 1 saturated heterocycles. The Morgan fingerprint density at radius 2 is 2.24 bits per heavy atom. The number of carbonyl (C=O) groups excluding carboxylic acids is 2. The third-order valence-corrected chi connectivity index (χ3v) is 3.47. The topological polar surface area (TPSA) is 99.9 Å². The molecular formula is C14H18N2O5. The molecule has 0 radical (unpaired) electrons. The summed E-state index contributed by atoms with van der Waals surface area (Å²) in [5.41, 5.74) is 0. The Labute approximate surface area is 121 Å². The van der Waals surface area contributed by atoms with Gasteiger partial charge < -0.3 is 19.7 Å². The highest BCUT2D eigenvalue weighted by Crippen LogP contribution is 2.19. The Morgan fingerprint density at radius 3 is 2.90 bits per heavy atom. The summed E-state index contributed by atoms with van der Waals surface area (Å²) in [5.74, 6) is -1.00. The Bertz CT molecular complexity index is 511. The summed E-state index contributed by atoms with van der Waals surface area (Å²) in [6.07, 6.45) is 2.43. The lowest BCUT2D eigenvalue weighted by molar-refractivity contribution is -0.138. The van der Waals surface area contributed by atoms with Crippen molar-refractivity contribution in [3.05, 3.63) is 24.2 Å². The fourth-order valence-corrected chi connectivity index (χ4v) is 2.41. The van der Waals surface area contributed by atoms with E-state index in [9.17, 15) is 14.4 Å². The van der Waals surface area contributed by atoms with Gasteiger partial charge in [0.15, 0.2) is 5.76 Å². The number of furan rings is 1. The number of amides is 2. The molecule has 1 atom stereocenters. The normalized spacial score (nSPS) is 17.7.